The molecular formula is C15H17BrN2. The predicted octanol–water partition coefficient (Wildman–Crippen LogP) is 3.50. The lowest BCUT2D eigenvalue weighted by Crippen LogP contribution is -2.29. The van der Waals surface area contributed by atoms with Crippen molar-refractivity contribution < 1.29 is 0 Å². The monoisotopic (exact) mass is 304 g/mol. The smallest absolute Gasteiger partial charge is 0.0500 e. The van der Waals surface area contributed by atoms with Gasteiger partial charge in [-0.3, -0.25) is 11.3 Å². The van der Waals surface area contributed by atoms with Crippen LogP contribution >= 0.6 is 15.9 Å². The number of aryl methyl sites for hydroxylation is 1. The molecule has 2 nitrogen and oxygen atoms in total. The van der Waals surface area contributed by atoms with Crippen molar-refractivity contribution in [2.45, 2.75) is 19.4 Å². The summed E-state index contributed by atoms with van der Waals surface area (Å²) in [4.78, 5) is 0. The maximum atomic E-state index is 5.66. The van der Waals surface area contributed by atoms with E-state index in [-0.39, 0.29) is 6.04 Å². The van der Waals surface area contributed by atoms with Gasteiger partial charge in [-0.15, -0.1) is 0 Å². The van der Waals surface area contributed by atoms with Gasteiger partial charge in [-0.25, -0.2) is 0 Å². The van der Waals surface area contributed by atoms with E-state index >= 15 is 0 Å². The quantitative estimate of drug-likeness (QED) is 0.670. The highest BCUT2D eigenvalue weighted by molar-refractivity contribution is 9.10. The Bertz CT molecular complexity index is 491. The van der Waals surface area contributed by atoms with E-state index < -0.39 is 0 Å². The topological polar surface area (TPSA) is 38.0 Å². The van der Waals surface area contributed by atoms with Crippen LogP contribution in [0, 0.1) is 6.92 Å². The number of benzene rings is 2. The Morgan fingerprint density at radius 2 is 1.67 bits per heavy atom. The molecule has 0 saturated carbocycles. The molecule has 0 fully saturated rings. The molecule has 2 aromatic carbocycles. The summed E-state index contributed by atoms with van der Waals surface area (Å²) in [5.74, 6) is 5.66. The van der Waals surface area contributed by atoms with Crippen LogP contribution in [0.2, 0.25) is 0 Å². The fourth-order valence-electron chi connectivity index (χ4n) is 1.93. The molecule has 2 rings (SSSR count). The fraction of sp³-hybridized carbons (Fsp3) is 0.200. The molecule has 0 aliphatic heterocycles. The molecule has 2 aromatic rings. The van der Waals surface area contributed by atoms with Crippen LogP contribution in [-0.2, 0) is 6.42 Å². The van der Waals surface area contributed by atoms with E-state index in [0.717, 1.165) is 10.9 Å². The fourth-order valence-corrected chi connectivity index (χ4v) is 2.19. The molecule has 0 aromatic heterocycles. The first-order valence-corrected chi connectivity index (χ1v) is 6.75. The van der Waals surface area contributed by atoms with Crippen LogP contribution in [0.1, 0.15) is 22.7 Å². The second-order valence-electron chi connectivity index (χ2n) is 4.46. The molecule has 0 spiro atoms. The number of hydrogen-bond donors (Lipinski definition) is 2. The van der Waals surface area contributed by atoms with Gasteiger partial charge in [0.25, 0.3) is 0 Å². The van der Waals surface area contributed by atoms with E-state index in [9.17, 15) is 0 Å². The molecule has 0 radical (unpaired) electrons. The molecule has 18 heavy (non-hydrogen) atoms. The molecule has 0 saturated heterocycles. The molecule has 94 valence electrons. The third-order valence-electron chi connectivity index (χ3n) is 3.03. The summed E-state index contributed by atoms with van der Waals surface area (Å²) in [7, 11) is 0. The number of halogens is 1. The average Bonchev–Trinajstić information content (AvgIpc) is 2.39. The Kier molecular flexibility index (Phi) is 4.53. The molecule has 0 amide bonds. The number of nitrogens with two attached hydrogens (primary N) is 1. The third-order valence-corrected chi connectivity index (χ3v) is 3.56. The van der Waals surface area contributed by atoms with Gasteiger partial charge in [0.2, 0.25) is 0 Å². The zero-order chi connectivity index (χ0) is 13.0. The highest BCUT2D eigenvalue weighted by Crippen LogP contribution is 2.19. The van der Waals surface area contributed by atoms with Gasteiger partial charge in [0.15, 0.2) is 0 Å². The predicted molar refractivity (Wildman–Crippen MR) is 79.1 cm³/mol. The van der Waals surface area contributed by atoms with Gasteiger partial charge in [-0.1, -0.05) is 57.9 Å². The SMILES string of the molecule is Cc1ccc(C(Cc2ccc(Br)cc2)NN)cc1. The summed E-state index contributed by atoms with van der Waals surface area (Å²) in [6.07, 6.45) is 0.882. The van der Waals surface area contributed by atoms with E-state index in [1.54, 1.807) is 0 Å². The lowest BCUT2D eigenvalue weighted by atomic mass is 9.99. The summed E-state index contributed by atoms with van der Waals surface area (Å²) < 4.78 is 1.10. The lowest BCUT2D eigenvalue weighted by Gasteiger charge is -2.16. The highest BCUT2D eigenvalue weighted by atomic mass is 79.9. The number of rotatable bonds is 4. The Morgan fingerprint density at radius 3 is 2.22 bits per heavy atom. The van der Waals surface area contributed by atoms with Crippen LogP contribution in [0.15, 0.2) is 53.0 Å². The normalized spacial score (nSPS) is 12.4. The van der Waals surface area contributed by atoms with Crippen LogP contribution in [0.5, 0.6) is 0 Å². The van der Waals surface area contributed by atoms with Crippen molar-refractivity contribution >= 4 is 15.9 Å². The Labute approximate surface area is 116 Å². The van der Waals surface area contributed by atoms with Crippen LogP contribution in [-0.4, -0.2) is 0 Å². The maximum Gasteiger partial charge on any atom is 0.0500 e. The van der Waals surface area contributed by atoms with Gasteiger partial charge in [0.1, 0.15) is 0 Å². The minimum atomic E-state index is 0.145. The Hall–Kier alpha value is -1.16. The molecule has 0 aliphatic rings. The maximum absolute atomic E-state index is 5.66. The molecule has 3 N–H and O–H groups in total. The zero-order valence-electron chi connectivity index (χ0n) is 10.4. The van der Waals surface area contributed by atoms with Crippen molar-refractivity contribution in [3.8, 4) is 0 Å². The molecule has 0 heterocycles. The van der Waals surface area contributed by atoms with E-state index in [0.29, 0.717) is 0 Å². The Balaban J connectivity index is 2.14. The second kappa shape index (κ2) is 6.14. The summed E-state index contributed by atoms with van der Waals surface area (Å²) in [6.45, 7) is 2.09. The van der Waals surface area contributed by atoms with Crippen molar-refractivity contribution in [3.63, 3.8) is 0 Å². The molecule has 0 aliphatic carbocycles. The summed E-state index contributed by atoms with van der Waals surface area (Å²) in [5, 5.41) is 0. The van der Waals surface area contributed by atoms with Crippen molar-refractivity contribution in [3.05, 3.63) is 69.7 Å². The largest absolute Gasteiger partial charge is 0.271 e. The first-order valence-electron chi connectivity index (χ1n) is 5.96. The van der Waals surface area contributed by atoms with Crippen molar-refractivity contribution in [2.75, 3.05) is 0 Å². The van der Waals surface area contributed by atoms with E-state index in [2.05, 4.69) is 76.8 Å². The molecular weight excluding hydrogens is 288 g/mol. The first kappa shape index (κ1) is 13.3. The van der Waals surface area contributed by atoms with Gasteiger partial charge < -0.3 is 0 Å². The average molecular weight is 305 g/mol. The molecule has 1 unspecified atom stereocenters. The first-order chi connectivity index (χ1) is 8.69. The van der Waals surface area contributed by atoms with Crippen LogP contribution in [0.25, 0.3) is 0 Å². The molecule has 1 atom stereocenters. The number of hydrogen-bond acceptors (Lipinski definition) is 2. The second-order valence-corrected chi connectivity index (χ2v) is 5.38. The van der Waals surface area contributed by atoms with Crippen molar-refractivity contribution in [1.29, 1.82) is 0 Å². The van der Waals surface area contributed by atoms with E-state index in [1.165, 1.54) is 16.7 Å². The van der Waals surface area contributed by atoms with Gasteiger partial charge >= 0.3 is 0 Å². The van der Waals surface area contributed by atoms with Gasteiger partial charge in [-0.2, -0.15) is 0 Å². The summed E-state index contributed by atoms with van der Waals surface area (Å²) in [6, 6.07) is 17.0. The highest BCUT2D eigenvalue weighted by Gasteiger charge is 2.10. The minimum absolute atomic E-state index is 0.145. The lowest BCUT2D eigenvalue weighted by molar-refractivity contribution is 0.552. The van der Waals surface area contributed by atoms with E-state index in [1.807, 2.05) is 0 Å². The van der Waals surface area contributed by atoms with Crippen LogP contribution < -0.4 is 11.3 Å². The minimum Gasteiger partial charge on any atom is -0.271 e. The van der Waals surface area contributed by atoms with Crippen LogP contribution in [0.4, 0.5) is 0 Å². The van der Waals surface area contributed by atoms with Gasteiger partial charge in [-0.05, 0) is 36.6 Å². The van der Waals surface area contributed by atoms with Gasteiger partial charge in [0.05, 0.1) is 0 Å². The van der Waals surface area contributed by atoms with Crippen molar-refractivity contribution in [2.24, 2.45) is 5.84 Å². The standard InChI is InChI=1S/C15H17BrN2/c1-11-2-6-13(7-3-11)15(18-17)10-12-4-8-14(16)9-5-12/h2-9,15,18H,10,17H2,1H3. The Morgan fingerprint density at radius 1 is 1.06 bits per heavy atom. The molecule has 0 bridgehead atoms. The molecule has 3 heteroatoms. The summed E-state index contributed by atoms with van der Waals surface area (Å²) in [5.41, 5.74) is 6.63. The van der Waals surface area contributed by atoms with Gasteiger partial charge in [0, 0.05) is 10.5 Å². The number of hydrazine groups is 1. The zero-order valence-corrected chi connectivity index (χ0v) is 11.9. The van der Waals surface area contributed by atoms with Crippen LogP contribution in [0.3, 0.4) is 0 Å². The summed E-state index contributed by atoms with van der Waals surface area (Å²) >= 11 is 3.44. The third kappa shape index (κ3) is 3.42. The van der Waals surface area contributed by atoms with Crippen molar-refractivity contribution in [1.82, 2.24) is 5.43 Å². The van der Waals surface area contributed by atoms with E-state index in [4.69, 9.17) is 5.84 Å². The number of nitrogens with one attached hydrogen (secondary N) is 1.